The number of hydrogen-bond acceptors (Lipinski definition) is 3. The maximum atomic E-state index is 9.91. The predicted molar refractivity (Wildman–Crippen MR) is 101 cm³/mol. The Morgan fingerprint density at radius 2 is 1.67 bits per heavy atom. The van der Waals surface area contributed by atoms with E-state index in [4.69, 9.17) is 24.4 Å². The fourth-order valence-corrected chi connectivity index (χ4v) is 4.33. The first-order chi connectivity index (χ1) is 11.7. The van der Waals surface area contributed by atoms with E-state index in [9.17, 15) is 5.26 Å². The van der Waals surface area contributed by atoms with E-state index in [1.54, 1.807) is 0 Å². The third-order valence-corrected chi connectivity index (χ3v) is 5.20. The zero-order chi connectivity index (χ0) is 16.7. The van der Waals surface area contributed by atoms with E-state index in [0.717, 1.165) is 47.7 Å². The van der Waals surface area contributed by atoms with Gasteiger partial charge in [-0.05, 0) is 54.6 Å². The van der Waals surface area contributed by atoms with Crippen LogP contribution in [0.5, 0.6) is 0 Å². The summed E-state index contributed by atoms with van der Waals surface area (Å²) in [7, 11) is 0. The maximum absolute atomic E-state index is 9.91. The lowest BCUT2D eigenvalue weighted by Gasteiger charge is -2.23. The van der Waals surface area contributed by atoms with Gasteiger partial charge in [0.15, 0.2) is 4.77 Å². The first kappa shape index (κ1) is 15.3. The number of aromatic amines is 2. The highest BCUT2D eigenvalue weighted by Gasteiger charge is 2.23. The van der Waals surface area contributed by atoms with E-state index in [1.807, 2.05) is 18.2 Å². The molecule has 3 nitrogen and oxygen atoms in total. The second-order valence-electron chi connectivity index (χ2n) is 6.05. The van der Waals surface area contributed by atoms with Crippen molar-refractivity contribution < 1.29 is 0 Å². The van der Waals surface area contributed by atoms with Crippen LogP contribution in [0.15, 0.2) is 30.3 Å². The number of nitrogens with one attached hydrogen (secondary N) is 2. The Hall–Kier alpha value is -2.29. The quantitative estimate of drug-likeness (QED) is 0.581. The van der Waals surface area contributed by atoms with Crippen LogP contribution in [0.1, 0.15) is 29.5 Å². The molecule has 0 atom stereocenters. The van der Waals surface area contributed by atoms with Gasteiger partial charge in [-0.2, -0.15) is 5.26 Å². The number of aromatic nitrogens is 2. The minimum Gasteiger partial charge on any atom is -0.331 e. The second kappa shape index (κ2) is 5.97. The Labute approximate surface area is 150 Å². The topological polar surface area (TPSA) is 55.4 Å². The highest BCUT2D eigenvalue weighted by Crippen LogP contribution is 2.39. The average molecular weight is 349 g/mol. The molecule has 0 radical (unpaired) electrons. The Bertz CT molecular complexity index is 1100. The molecule has 2 N–H and O–H groups in total. The number of hydrogen-bond donors (Lipinski definition) is 2. The maximum Gasteiger partial charge on any atom is 0.175 e. The summed E-state index contributed by atoms with van der Waals surface area (Å²) >= 11 is 10.8. The molecule has 24 heavy (non-hydrogen) atoms. The Morgan fingerprint density at radius 3 is 2.38 bits per heavy atom. The molecule has 0 amide bonds. The number of aryl methyl sites for hydroxylation is 1. The van der Waals surface area contributed by atoms with Crippen molar-refractivity contribution in [3.63, 3.8) is 0 Å². The smallest absolute Gasteiger partial charge is 0.175 e. The summed E-state index contributed by atoms with van der Waals surface area (Å²) in [4.78, 5) is 6.22. The van der Waals surface area contributed by atoms with Crippen molar-refractivity contribution in [2.24, 2.45) is 0 Å². The number of benzene rings is 2. The lowest BCUT2D eigenvalue weighted by molar-refractivity contribution is 0.690. The molecule has 4 rings (SSSR count). The fraction of sp³-hybridized carbons (Fsp3) is 0.211. The fourth-order valence-electron chi connectivity index (χ4n) is 3.73. The van der Waals surface area contributed by atoms with Crippen LogP contribution in [0.25, 0.3) is 22.0 Å². The molecule has 1 aliphatic carbocycles. The van der Waals surface area contributed by atoms with Gasteiger partial charge in [0.25, 0.3) is 0 Å². The molecule has 3 aromatic rings. The van der Waals surface area contributed by atoms with Gasteiger partial charge in [-0.15, -0.1) is 0 Å². The first-order valence-electron chi connectivity index (χ1n) is 8.00. The summed E-state index contributed by atoms with van der Waals surface area (Å²) in [6.07, 6.45) is 4.25. The Balaban J connectivity index is 2.26. The molecule has 2 aromatic carbocycles. The van der Waals surface area contributed by atoms with E-state index in [0.29, 0.717) is 15.0 Å². The van der Waals surface area contributed by atoms with Gasteiger partial charge in [-0.25, -0.2) is 0 Å². The molecule has 1 aliphatic rings. The predicted octanol–water partition coefficient (Wildman–Crippen LogP) is 5.37. The van der Waals surface area contributed by atoms with E-state index in [1.165, 1.54) is 11.1 Å². The van der Waals surface area contributed by atoms with Gasteiger partial charge in [0, 0.05) is 10.9 Å². The number of rotatable bonds is 1. The van der Waals surface area contributed by atoms with Gasteiger partial charge in [-0.3, -0.25) is 0 Å². The van der Waals surface area contributed by atoms with Crippen LogP contribution in [0.4, 0.5) is 0 Å². The van der Waals surface area contributed by atoms with E-state index in [2.05, 4.69) is 28.2 Å². The van der Waals surface area contributed by atoms with Crippen LogP contribution < -0.4 is 0 Å². The minimum atomic E-state index is 0.457. The molecule has 0 unspecified atom stereocenters. The van der Waals surface area contributed by atoms with Gasteiger partial charge in [0.05, 0.1) is 11.1 Å². The summed E-state index contributed by atoms with van der Waals surface area (Å²) in [6.45, 7) is 0. The van der Waals surface area contributed by atoms with Crippen molar-refractivity contribution in [1.82, 2.24) is 9.97 Å². The zero-order valence-electron chi connectivity index (χ0n) is 13.0. The number of fused-ring (bicyclic) bond motifs is 3. The summed E-state index contributed by atoms with van der Waals surface area (Å²) in [5.41, 5.74) is 6.05. The SMILES string of the molecule is N#Cc1c(-c2ccccc2)c2c(c3c(=S)[nH]c(=S)[nH]c13)CCCC2. The second-order valence-corrected chi connectivity index (χ2v) is 6.87. The van der Waals surface area contributed by atoms with Crippen LogP contribution in [-0.2, 0) is 12.8 Å². The number of nitrogens with zero attached hydrogens (tertiary/aromatic N) is 1. The average Bonchev–Trinajstić information content (AvgIpc) is 2.60. The van der Waals surface area contributed by atoms with E-state index in [-0.39, 0.29) is 0 Å². The molecule has 0 fully saturated rings. The summed E-state index contributed by atoms with van der Waals surface area (Å²) in [5, 5.41) is 10.9. The lowest BCUT2D eigenvalue weighted by atomic mass is 9.81. The largest absolute Gasteiger partial charge is 0.331 e. The molecule has 1 aromatic heterocycles. The zero-order valence-corrected chi connectivity index (χ0v) is 14.6. The Kier molecular flexibility index (Phi) is 3.79. The van der Waals surface area contributed by atoms with Crippen LogP contribution in [0.2, 0.25) is 0 Å². The lowest BCUT2D eigenvalue weighted by Crippen LogP contribution is -2.09. The summed E-state index contributed by atoms with van der Waals surface area (Å²) in [5.74, 6) is 0. The molecule has 5 heteroatoms. The van der Waals surface area contributed by atoms with Crippen molar-refractivity contribution in [2.45, 2.75) is 25.7 Å². The summed E-state index contributed by atoms with van der Waals surface area (Å²) in [6, 6.07) is 12.5. The Morgan fingerprint density at radius 1 is 0.958 bits per heavy atom. The molecule has 1 heterocycles. The van der Waals surface area contributed by atoms with Gasteiger partial charge in [0.2, 0.25) is 0 Å². The van der Waals surface area contributed by atoms with Crippen molar-refractivity contribution >= 4 is 35.3 Å². The normalized spacial score (nSPS) is 13.5. The highest BCUT2D eigenvalue weighted by atomic mass is 32.1. The van der Waals surface area contributed by atoms with Crippen molar-refractivity contribution in [3.05, 3.63) is 56.4 Å². The van der Waals surface area contributed by atoms with Crippen molar-refractivity contribution in [2.75, 3.05) is 0 Å². The van der Waals surface area contributed by atoms with Gasteiger partial charge in [-0.1, -0.05) is 42.5 Å². The van der Waals surface area contributed by atoms with Crippen LogP contribution >= 0.6 is 24.4 Å². The van der Waals surface area contributed by atoms with E-state index < -0.39 is 0 Å². The van der Waals surface area contributed by atoms with Crippen LogP contribution in [-0.4, -0.2) is 9.97 Å². The summed E-state index contributed by atoms with van der Waals surface area (Å²) < 4.78 is 1.08. The van der Waals surface area contributed by atoms with Gasteiger partial charge < -0.3 is 9.97 Å². The monoisotopic (exact) mass is 349 g/mol. The molecular weight excluding hydrogens is 334 g/mol. The van der Waals surface area contributed by atoms with Crippen molar-refractivity contribution in [3.8, 4) is 17.2 Å². The van der Waals surface area contributed by atoms with Crippen LogP contribution in [0, 0.1) is 20.7 Å². The molecule has 0 saturated heterocycles. The standard InChI is InChI=1S/C19H15N3S2/c20-10-14-15(11-6-2-1-3-7-11)12-8-4-5-9-13(12)16-17(14)21-19(24)22-18(16)23/h1-3,6-7H,4-5,8-9H2,(H2,21,22,23,24). The third-order valence-electron chi connectivity index (χ3n) is 4.69. The molecule has 0 aliphatic heterocycles. The number of H-pyrrole nitrogens is 2. The highest BCUT2D eigenvalue weighted by molar-refractivity contribution is 7.72. The van der Waals surface area contributed by atoms with Gasteiger partial charge in [0.1, 0.15) is 10.7 Å². The number of nitriles is 1. The van der Waals surface area contributed by atoms with Gasteiger partial charge >= 0.3 is 0 Å². The molecule has 0 bridgehead atoms. The van der Waals surface area contributed by atoms with E-state index >= 15 is 0 Å². The molecule has 0 spiro atoms. The van der Waals surface area contributed by atoms with Crippen molar-refractivity contribution in [1.29, 1.82) is 5.26 Å². The molecule has 118 valence electrons. The molecule has 0 saturated carbocycles. The molecular formula is C19H15N3S2. The third kappa shape index (κ3) is 2.31. The first-order valence-corrected chi connectivity index (χ1v) is 8.82. The minimum absolute atomic E-state index is 0.457. The van der Waals surface area contributed by atoms with Crippen LogP contribution in [0.3, 0.4) is 0 Å².